The van der Waals surface area contributed by atoms with E-state index in [1.165, 1.54) is 6.07 Å². The molecule has 0 unspecified atom stereocenters. The highest BCUT2D eigenvalue weighted by Gasteiger charge is 2.25. The van der Waals surface area contributed by atoms with Gasteiger partial charge in [-0.05, 0) is 19.9 Å². The third-order valence-electron chi connectivity index (χ3n) is 3.27. The molecule has 1 aromatic rings. The molecule has 110 valence electrons. The predicted molar refractivity (Wildman–Crippen MR) is 75.7 cm³/mol. The van der Waals surface area contributed by atoms with E-state index in [1.54, 1.807) is 30.9 Å². The molecule has 1 aliphatic rings. The average Bonchev–Trinajstić information content (AvgIpc) is 2.37. The van der Waals surface area contributed by atoms with Gasteiger partial charge < -0.3 is 15.0 Å². The van der Waals surface area contributed by atoms with Crippen molar-refractivity contribution in [1.82, 2.24) is 14.8 Å². The minimum Gasteiger partial charge on any atom is -0.389 e. The Morgan fingerprint density at radius 1 is 1.30 bits per heavy atom. The summed E-state index contributed by atoms with van der Waals surface area (Å²) in [5.41, 5.74) is -0.665. The molecule has 1 saturated heterocycles. The van der Waals surface area contributed by atoms with Crippen LogP contribution in [0.4, 0.5) is 0 Å². The number of nitrogens with zero attached hydrogens (tertiary/aromatic N) is 2. The van der Waals surface area contributed by atoms with E-state index < -0.39 is 5.60 Å². The Hall–Kier alpha value is -1.66. The largest absolute Gasteiger partial charge is 0.389 e. The highest BCUT2D eigenvalue weighted by molar-refractivity contribution is 5.92. The molecule has 0 saturated carbocycles. The maximum absolute atomic E-state index is 12.2. The summed E-state index contributed by atoms with van der Waals surface area (Å²) in [6.45, 7) is 6.81. The van der Waals surface area contributed by atoms with Crippen LogP contribution in [0.3, 0.4) is 0 Å². The van der Waals surface area contributed by atoms with Gasteiger partial charge in [0.15, 0.2) is 0 Å². The highest BCUT2D eigenvalue weighted by Crippen LogP contribution is 2.10. The molecule has 20 heavy (non-hydrogen) atoms. The lowest BCUT2D eigenvalue weighted by Gasteiger charge is -2.37. The Bertz CT molecular complexity index is 525. The number of hydrogen-bond acceptors (Lipinski definition) is 4. The maximum Gasteiger partial charge on any atom is 0.270 e. The van der Waals surface area contributed by atoms with Crippen molar-refractivity contribution in [3.8, 4) is 0 Å². The van der Waals surface area contributed by atoms with E-state index in [9.17, 15) is 14.7 Å². The minimum atomic E-state index is -0.725. The summed E-state index contributed by atoms with van der Waals surface area (Å²) in [6, 6.07) is 4.58. The van der Waals surface area contributed by atoms with Gasteiger partial charge in [0.25, 0.3) is 5.91 Å². The number of piperazine rings is 1. The molecular formula is C14H21N3O3. The van der Waals surface area contributed by atoms with Crippen LogP contribution in [0.2, 0.25) is 0 Å². The molecule has 1 fully saturated rings. The molecule has 2 N–H and O–H groups in total. The van der Waals surface area contributed by atoms with E-state index in [0.717, 1.165) is 13.1 Å². The van der Waals surface area contributed by atoms with Crippen LogP contribution in [0, 0.1) is 0 Å². The van der Waals surface area contributed by atoms with Crippen molar-refractivity contribution in [3.63, 3.8) is 0 Å². The molecule has 1 aromatic heterocycles. The fourth-order valence-corrected chi connectivity index (χ4v) is 2.40. The quantitative estimate of drug-likeness (QED) is 0.810. The SMILES string of the molecule is CC(C)(O)CN1CCN(C(=O)c2cccc(=O)[nH]2)CC1. The zero-order valence-corrected chi connectivity index (χ0v) is 11.9. The number of aromatic amines is 1. The molecule has 1 amide bonds. The molecule has 0 aromatic carbocycles. The maximum atomic E-state index is 12.2. The lowest BCUT2D eigenvalue weighted by atomic mass is 10.1. The Morgan fingerprint density at radius 3 is 2.50 bits per heavy atom. The van der Waals surface area contributed by atoms with Gasteiger partial charge in [0.1, 0.15) is 5.69 Å². The van der Waals surface area contributed by atoms with E-state index in [0.29, 0.717) is 25.3 Å². The lowest BCUT2D eigenvalue weighted by molar-refractivity contribution is 0.0177. The van der Waals surface area contributed by atoms with E-state index in [-0.39, 0.29) is 11.5 Å². The summed E-state index contributed by atoms with van der Waals surface area (Å²) >= 11 is 0. The first-order valence-corrected chi connectivity index (χ1v) is 6.78. The van der Waals surface area contributed by atoms with Gasteiger partial charge in [-0.1, -0.05) is 6.07 Å². The zero-order chi connectivity index (χ0) is 14.8. The average molecular weight is 279 g/mol. The van der Waals surface area contributed by atoms with E-state index >= 15 is 0 Å². The van der Waals surface area contributed by atoms with Gasteiger partial charge >= 0.3 is 0 Å². The van der Waals surface area contributed by atoms with Gasteiger partial charge in [-0.15, -0.1) is 0 Å². The van der Waals surface area contributed by atoms with Crippen LogP contribution in [-0.2, 0) is 0 Å². The Labute approximate surface area is 118 Å². The summed E-state index contributed by atoms with van der Waals surface area (Å²) in [5, 5.41) is 9.79. The number of H-pyrrole nitrogens is 1. The first kappa shape index (κ1) is 14.7. The van der Waals surface area contributed by atoms with E-state index in [4.69, 9.17) is 0 Å². The molecule has 0 atom stereocenters. The molecule has 6 nitrogen and oxygen atoms in total. The highest BCUT2D eigenvalue weighted by atomic mass is 16.3. The van der Waals surface area contributed by atoms with Crippen LogP contribution >= 0.6 is 0 Å². The summed E-state index contributed by atoms with van der Waals surface area (Å²) < 4.78 is 0. The van der Waals surface area contributed by atoms with Gasteiger partial charge in [-0.2, -0.15) is 0 Å². The van der Waals surface area contributed by atoms with E-state index in [1.807, 2.05) is 0 Å². The van der Waals surface area contributed by atoms with Crippen molar-refractivity contribution in [2.45, 2.75) is 19.4 Å². The number of aliphatic hydroxyl groups is 1. The van der Waals surface area contributed by atoms with Gasteiger partial charge in [0, 0.05) is 38.8 Å². The van der Waals surface area contributed by atoms with E-state index in [2.05, 4.69) is 9.88 Å². The molecule has 2 rings (SSSR count). The molecule has 1 aliphatic heterocycles. The Morgan fingerprint density at radius 2 is 1.95 bits per heavy atom. The van der Waals surface area contributed by atoms with Crippen molar-refractivity contribution >= 4 is 5.91 Å². The van der Waals surface area contributed by atoms with Gasteiger partial charge in [-0.25, -0.2) is 0 Å². The smallest absolute Gasteiger partial charge is 0.270 e. The number of hydrogen-bond donors (Lipinski definition) is 2. The Balaban J connectivity index is 1.94. The summed E-state index contributed by atoms with van der Waals surface area (Å²) in [7, 11) is 0. The molecule has 0 spiro atoms. The number of aromatic nitrogens is 1. The third-order valence-corrected chi connectivity index (χ3v) is 3.27. The van der Waals surface area contributed by atoms with Crippen LogP contribution < -0.4 is 5.56 Å². The van der Waals surface area contributed by atoms with Crippen LogP contribution in [0.1, 0.15) is 24.3 Å². The standard InChI is InChI=1S/C14H21N3O3/c1-14(2,20)10-16-6-8-17(9-7-16)13(19)11-4-3-5-12(18)15-11/h3-5,20H,6-10H2,1-2H3,(H,15,18). The molecule has 0 aliphatic carbocycles. The summed E-state index contributed by atoms with van der Waals surface area (Å²) in [5.74, 6) is -0.148. The van der Waals surface area contributed by atoms with Crippen molar-refractivity contribution in [2.75, 3.05) is 32.7 Å². The number of β-amino-alcohol motifs (C(OH)–C–C–N with tert-alkyl or cyclic N) is 1. The predicted octanol–water partition coefficient (Wildman–Crippen LogP) is -0.0964. The molecule has 2 heterocycles. The molecule has 6 heteroatoms. The molecule has 0 bridgehead atoms. The number of nitrogens with one attached hydrogen (secondary N) is 1. The monoisotopic (exact) mass is 279 g/mol. The molecular weight excluding hydrogens is 258 g/mol. The van der Waals surface area contributed by atoms with Gasteiger partial charge in [0.2, 0.25) is 5.56 Å². The Kier molecular flexibility index (Phi) is 4.25. The normalized spacial score (nSPS) is 17.2. The van der Waals surface area contributed by atoms with Crippen LogP contribution in [0.25, 0.3) is 0 Å². The number of amides is 1. The second-order valence-electron chi connectivity index (χ2n) is 5.81. The first-order valence-electron chi connectivity index (χ1n) is 6.78. The minimum absolute atomic E-state index is 0.148. The lowest BCUT2D eigenvalue weighted by Crippen LogP contribution is -2.52. The van der Waals surface area contributed by atoms with Crippen molar-refractivity contribution in [1.29, 1.82) is 0 Å². The summed E-state index contributed by atoms with van der Waals surface area (Å²) in [6.07, 6.45) is 0. The van der Waals surface area contributed by atoms with Crippen LogP contribution in [0.5, 0.6) is 0 Å². The van der Waals surface area contributed by atoms with Crippen molar-refractivity contribution in [3.05, 3.63) is 34.2 Å². The van der Waals surface area contributed by atoms with Crippen LogP contribution in [0.15, 0.2) is 23.0 Å². The van der Waals surface area contributed by atoms with Gasteiger partial charge in [-0.3, -0.25) is 14.5 Å². The summed E-state index contributed by atoms with van der Waals surface area (Å²) in [4.78, 5) is 29.9. The van der Waals surface area contributed by atoms with Crippen molar-refractivity contribution < 1.29 is 9.90 Å². The molecule has 0 radical (unpaired) electrons. The zero-order valence-electron chi connectivity index (χ0n) is 11.9. The first-order chi connectivity index (χ1) is 9.35. The van der Waals surface area contributed by atoms with Gasteiger partial charge in [0.05, 0.1) is 5.60 Å². The van der Waals surface area contributed by atoms with Crippen molar-refractivity contribution in [2.24, 2.45) is 0 Å². The third kappa shape index (κ3) is 3.91. The number of carbonyl (C=O) groups excluding carboxylic acids is 1. The topological polar surface area (TPSA) is 76.6 Å². The number of rotatable bonds is 3. The van der Waals surface area contributed by atoms with Crippen LogP contribution in [-0.4, -0.2) is 64.1 Å². The number of pyridine rings is 1. The second-order valence-corrected chi connectivity index (χ2v) is 5.81. The second kappa shape index (κ2) is 5.76. The number of carbonyl (C=O) groups is 1. The fraction of sp³-hybridized carbons (Fsp3) is 0.571. The fourth-order valence-electron chi connectivity index (χ4n) is 2.40.